The molecule has 2 N–H and O–H groups in total. The minimum Gasteiger partial charge on any atom is -0.367 e. The number of aromatic nitrogens is 2. The molecule has 0 aliphatic heterocycles. The van der Waals surface area contributed by atoms with E-state index in [-0.39, 0.29) is 0 Å². The van der Waals surface area contributed by atoms with Gasteiger partial charge in [0.1, 0.15) is 5.82 Å². The van der Waals surface area contributed by atoms with Crippen molar-refractivity contribution in [2.24, 2.45) is 11.8 Å². The summed E-state index contributed by atoms with van der Waals surface area (Å²) in [5.74, 6) is 3.21. The molecule has 0 radical (unpaired) electrons. The number of nitrogens with zero attached hydrogens (tertiary/aromatic N) is 2. The Labute approximate surface area is 129 Å². The first-order chi connectivity index (χ1) is 10.1. The summed E-state index contributed by atoms with van der Waals surface area (Å²) in [6, 6.07) is 0.548. The zero-order chi connectivity index (χ0) is 15.2. The van der Waals surface area contributed by atoms with E-state index in [1.165, 1.54) is 25.7 Å². The number of rotatable bonds is 6. The van der Waals surface area contributed by atoms with Gasteiger partial charge >= 0.3 is 0 Å². The molecule has 1 aromatic rings. The number of hydrogen-bond donors (Lipinski definition) is 2. The van der Waals surface area contributed by atoms with Crippen molar-refractivity contribution in [3.05, 3.63) is 11.8 Å². The summed E-state index contributed by atoms with van der Waals surface area (Å²) in [7, 11) is 0. The van der Waals surface area contributed by atoms with Crippen LogP contribution in [-0.4, -0.2) is 22.6 Å². The van der Waals surface area contributed by atoms with Crippen molar-refractivity contribution < 1.29 is 0 Å². The van der Waals surface area contributed by atoms with Gasteiger partial charge in [-0.15, -0.1) is 0 Å². The molecule has 118 valence electrons. The quantitative estimate of drug-likeness (QED) is 0.823. The van der Waals surface area contributed by atoms with Gasteiger partial charge in [0, 0.05) is 24.3 Å². The Morgan fingerprint density at radius 2 is 2.05 bits per heavy atom. The summed E-state index contributed by atoms with van der Waals surface area (Å²) in [6.45, 7) is 9.83. The summed E-state index contributed by atoms with van der Waals surface area (Å²) < 4.78 is 0. The van der Waals surface area contributed by atoms with E-state index in [9.17, 15) is 0 Å². The zero-order valence-electron chi connectivity index (χ0n) is 13.9. The monoisotopic (exact) mass is 290 g/mol. The molecule has 1 aliphatic rings. The van der Waals surface area contributed by atoms with Gasteiger partial charge in [0.25, 0.3) is 0 Å². The van der Waals surface area contributed by atoms with Crippen LogP contribution in [-0.2, 0) is 0 Å². The smallest absolute Gasteiger partial charge is 0.224 e. The molecule has 2 atom stereocenters. The Hall–Kier alpha value is -1.32. The van der Waals surface area contributed by atoms with E-state index >= 15 is 0 Å². The van der Waals surface area contributed by atoms with Crippen LogP contribution in [0.15, 0.2) is 6.20 Å². The van der Waals surface area contributed by atoms with Crippen molar-refractivity contribution in [3.63, 3.8) is 0 Å². The van der Waals surface area contributed by atoms with Crippen LogP contribution in [0, 0.1) is 18.8 Å². The minimum atomic E-state index is 0.548. The lowest BCUT2D eigenvalue weighted by molar-refractivity contribution is 0.253. The highest BCUT2D eigenvalue weighted by molar-refractivity contribution is 5.47. The molecule has 0 bridgehead atoms. The molecule has 0 aromatic carbocycles. The minimum absolute atomic E-state index is 0.548. The molecule has 0 spiro atoms. The molecule has 2 unspecified atom stereocenters. The molecule has 0 amide bonds. The van der Waals surface area contributed by atoms with Gasteiger partial charge in [0.2, 0.25) is 5.95 Å². The van der Waals surface area contributed by atoms with Crippen molar-refractivity contribution in [2.45, 2.75) is 65.8 Å². The van der Waals surface area contributed by atoms with Crippen LogP contribution in [0.2, 0.25) is 0 Å². The van der Waals surface area contributed by atoms with Crippen molar-refractivity contribution in [1.29, 1.82) is 0 Å². The molecule has 2 rings (SSSR count). The molecule has 0 saturated heterocycles. The van der Waals surface area contributed by atoms with Crippen molar-refractivity contribution in [3.8, 4) is 0 Å². The van der Waals surface area contributed by atoms with Gasteiger partial charge in [0.15, 0.2) is 0 Å². The maximum Gasteiger partial charge on any atom is 0.224 e. The number of anilines is 2. The third-order valence-corrected chi connectivity index (χ3v) is 4.50. The highest BCUT2D eigenvalue weighted by Crippen LogP contribution is 2.32. The molecule has 1 aliphatic carbocycles. The van der Waals surface area contributed by atoms with Gasteiger partial charge in [-0.25, -0.2) is 4.98 Å². The third kappa shape index (κ3) is 4.32. The average molecular weight is 290 g/mol. The van der Waals surface area contributed by atoms with Crippen LogP contribution in [0.4, 0.5) is 11.8 Å². The maximum atomic E-state index is 4.66. The fourth-order valence-electron chi connectivity index (χ4n) is 3.22. The summed E-state index contributed by atoms with van der Waals surface area (Å²) in [5, 5.41) is 6.98. The maximum absolute atomic E-state index is 4.66. The molecule has 1 aromatic heterocycles. The van der Waals surface area contributed by atoms with E-state index in [2.05, 4.69) is 48.3 Å². The van der Waals surface area contributed by atoms with Gasteiger partial charge in [-0.2, -0.15) is 4.98 Å². The highest BCUT2D eigenvalue weighted by Gasteiger charge is 2.28. The molecule has 1 heterocycles. The van der Waals surface area contributed by atoms with Crippen molar-refractivity contribution >= 4 is 11.8 Å². The SMILES string of the molecule is CCCNc1ncc(C)c(NC2CCCCC2C(C)C)n1. The fraction of sp³-hybridized carbons (Fsp3) is 0.765. The van der Waals surface area contributed by atoms with E-state index in [0.29, 0.717) is 6.04 Å². The first kappa shape index (κ1) is 16.1. The predicted octanol–water partition coefficient (Wildman–Crippen LogP) is 4.23. The first-order valence-corrected chi connectivity index (χ1v) is 8.45. The Bertz CT molecular complexity index is 444. The summed E-state index contributed by atoms with van der Waals surface area (Å²) in [5.41, 5.74) is 1.13. The van der Waals surface area contributed by atoms with Gasteiger partial charge in [-0.1, -0.05) is 33.6 Å². The summed E-state index contributed by atoms with van der Waals surface area (Å²) in [6.07, 6.45) is 8.28. The molecule has 1 fully saturated rings. The Kier molecular flexibility index (Phi) is 5.83. The second-order valence-electron chi connectivity index (χ2n) is 6.60. The largest absolute Gasteiger partial charge is 0.367 e. The van der Waals surface area contributed by atoms with Crippen LogP contribution in [0.1, 0.15) is 58.4 Å². The molecule has 4 heteroatoms. The lowest BCUT2D eigenvalue weighted by Gasteiger charge is -2.35. The van der Waals surface area contributed by atoms with E-state index in [1.54, 1.807) is 0 Å². The van der Waals surface area contributed by atoms with E-state index in [4.69, 9.17) is 0 Å². The topological polar surface area (TPSA) is 49.8 Å². The molecule has 4 nitrogen and oxygen atoms in total. The summed E-state index contributed by atoms with van der Waals surface area (Å²) in [4.78, 5) is 9.03. The van der Waals surface area contributed by atoms with E-state index in [1.807, 2.05) is 6.20 Å². The third-order valence-electron chi connectivity index (χ3n) is 4.50. The number of hydrogen-bond acceptors (Lipinski definition) is 4. The van der Waals surface area contributed by atoms with Gasteiger partial charge in [-0.05, 0) is 38.0 Å². The van der Waals surface area contributed by atoms with Gasteiger partial charge in [-0.3, -0.25) is 0 Å². The molecule has 21 heavy (non-hydrogen) atoms. The van der Waals surface area contributed by atoms with Crippen LogP contribution in [0.5, 0.6) is 0 Å². The van der Waals surface area contributed by atoms with Crippen molar-refractivity contribution in [1.82, 2.24) is 9.97 Å². The van der Waals surface area contributed by atoms with Crippen LogP contribution >= 0.6 is 0 Å². The van der Waals surface area contributed by atoms with E-state index < -0.39 is 0 Å². The van der Waals surface area contributed by atoms with Crippen molar-refractivity contribution in [2.75, 3.05) is 17.2 Å². The normalized spacial score (nSPS) is 22.3. The fourth-order valence-corrected chi connectivity index (χ4v) is 3.22. The van der Waals surface area contributed by atoms with Gasteiger partial charge < -0.3 is 10.6 Å². The van der Waals surface area contributed by atoms with Crippen LogP contribution in [0.25, 0.3) is 0 Å². The zero-order valence-corrected chi connectivity index (χ0v) is 13.9. The lowest BCUT2D eigenvalue weighted by atomic mass is 9.78. The highest BCUT2D eigenvalue weighted by atomic mass is 15.1. The second-order valence-corrected chi connectivity index (χ2v) is 6.60. The number of aryl methyl sites for hydroxylation is 1. The Morgan fingerprint density at radius 3 is 2.76 bits per heavy atom. The van der Waals surface area contributed by atoms with E-state index in [0.717, 1.165) is 42.1 Å². The number of nitrogens with one attached hydrogen (secondary N) is 2. The molecular weight excluding hydrogens is 260 g/mol. The lowest BCUT2D eigenvalue weighted by Crippen LogP contribution is -2.35. The second kappa shape index (κ2) is 7.62. The Morgan fingerprint density at radius 1 is 1.29 bits per heavy atom. The molecule has 1 saturated carbocycles. The molecular formula is C17H30N4. The summed E-state index contributed by atoms with van der Waals surface area (Å²) >= 11 is 0. The average Bonchev–Trinajstić information content (AvgIpc) is 2.48. The van der Waals surface area contributed by atoms with Crippen LogP contribution in [0.3, 0.4) is 0 Å². The standard InChI is InChI=1S/C17H30N4/c1-5-10-18-17-19-11-13(4)16(21-17)20-15-9-7-6-8-14(15)12(2)3/h11-12,14-15H,5-10H2,1-4H3,(H2,18,19,20,21). The first-order valence-electron chi connectivity index (χ1n) is 8.45. The van der Waals surface area contributed by atoms with Gasteiger partial charge in [0.05, 0.1) is 0 Å². The van der Waals surface area contributed by atoms with Crippen LogP contribution < -0.4 is 10.6 Å². The Balaban J connectivity index is 2.09. The predicted molar refractivity (Wildman–Crippen MR) is 89.8 cm³/mol.